The van der Waals surface area contributed by atoms with Crippen molar-refractivity contribution in [3.8, 4) is 0 Å². The Hall–Kier alpha value is -2.49. The molecule has 2 aromatic heterocycles. The monoisotopic (exact) mass is 307 g/mol. The average Bonchev–Trinajstić information content (AvgIpc) is 2.62. The summed E-state index contributed by atoms with van der Waals surface area (Å²) < 4.78 is 0. The zero-order valence-corrected chi connectivity index (χ0v) is 13.2. The van der Waals surface area contributed by atoms with Crippen molar-refractivity contribution in [3.05, 3.63) is 66.3 Å². The molecule has 3 rings (SSSR count). The number of anilines is 1. The van der Waals surface area contributed by atoms with Gasteiger partial charge in [0.1, 0.15) is 0 Å². The number of rotatable bonds is 5. The highest BCUT2D eigenvalue weighted by Crippen LogP contribution is 2.23. The van der Waals surface area contributed by atoms with E-state index in [1.807, 2.05) is 30.3 Å². The predicted molar refractivity (Wildman–Crippen MR) is 90.8 cm³/mol. The Morgan fingerprint density at radius 2 is 1.96 bits per heavy atom. The van der Waals surface area contributed by atoms with E-state index in [0.717, 1.165) is 24.2 Å². The van der Waals surface area contributed by atoms with E-state index in [4.69, 9.17) is 0 Å². The minimum Gasteiger partial charge on any atom is -0.306 e. The van der Waals surface area contributed by atoms with Crippen molar-refractivity contribution in [1.29, 1.82) is 0 Å². The van der Waals surface area contributed by atoms with Crippen molar-refractivity contribution >= 4 is 11.6 Å². The molecule has 0 bridgehead atoms. The van der Waals surface area contributed by atoms with Crippen LogP contribution in [0.5, 0.6) is 0 Å². The maximum absolute atomic E-state index is 12.9. The molecular weight excluding hydrogens is 286 g/mol. The number of allylic oxidation sites excluding steroid dienone is 1. The summed E-state index contributed by atoms with van der Waals surface area (Å²) in [5.41, 5.74) is 3.02. The van der Waals surface area contributed by atoms with E-state index < -0.39 is 0 Å². The van der Waals surface area contributed by atoms with E-state index in [1.54, 1.807) is 23.5 Å². The third-order valence-electron chi connectivity index (χ3n) is 4.09. The van der Waals surface area contributed by atoms with Crippen LogP contribution in [0.1, 0.15) is 37.8 Å². The van der Waals surface area contributed by atoms with Gasteiger partial charge in [0.2, 0.25) is 5.91 Å². The van der Waals surface area contributed by atoms with Gasteiger partial charge in [0.25, 0.3) is 0 Å². The molecule has 0 aromatic carbocycles. The van der Waals surface area contributed by atoms with E-state index in [-0.39, 0.29) is 5.91 Å². The van der Waals surface area contributed by atoms with Gasteiger partial charge in [-0.05, 0) is 49.9 Å². The molecule has 1 amide bonds. The number of pyridine rings is 2. The molecule has 0 atom stereocenters. The second kappa shape index (κ2) is 7.68. The van der Waals surface area contributed by atoms with Crippen molar-refractivity contribution in [2.45, 2.75) is 38.6 Å². The molecule has 1 aliphatic rings. The lowest BCUT2D eigenvalue weighted by Gasteiger charge is -2.24. The Kier molecular flexibility index (Phi) is 5.14. The topological polar surface area (TPSA) is 46.1 Å². The van der Waals surface area contributed by atoms with Gasteiger partial charge in [-0.1, -0.05) is 17.7 Å². The molecule has 4 nitrogen and oxygen atoms in total. The summed E-state index contributed by atoms with van der Waals surface area (Å²) in [6, 6.07) is 9.52. The fourth-order valence-electron chi connectivity index (χ4n) is 2.86. The van der Waals surface area contributed by atoms with Crippen molar-refractivity contribution in [3.63, 3.8) is 0 Å². The van der Waals surface area contributed by atoms with Crippen LogP contribution in [0.15, 0.2) is 60.6 Å². The molecule has 0 unspecified atom stereocenters. The summed E-state index contributed by atoms with van der Waals surface area (Å²) in [7, 11) is 0. The van der Waals surface area contributed by atoms with Crippen LogP contribution in [-0.4, -0.2) is 15.9 Å². The number of nitrogens with zero attached hydrogens (tertiary/aromatic N) is 3. The highest BCUT2D eigenvalue weighted by molar-refractivity contribution is 5.94. The molecule has 1 aliphatic carbocycles. The highest BCUT2D eigenvalue weighted by Gasteiger charge is 2.18. The van der Waals surface area contributed by atoms with Gasteiger partial charge in [-0.15, -0.1) is 0 Å². The standard InChI is InChI=1S/C19H21N3O/c23-19(14-16-6-2-1-3-7-16)22(18-9-12-20-13-10-18)15-17-8-4-5-11-21-17/h4-6,8-13H,1-3,7,14-15H2. The van der Waals surface area contributed by atoms with Gasteiger partial charge in [-0.2, -0.15) is 0 Å². The molecule has 0 saturated heterocycles. The molecule has 0 radical (unpaired) electrons. The van der Waals surface area contributed by atoms with Crippen LogP contribution in [0.25, 0.3) is 0 Å². The van der Waals surface area contributed by atoms with E-state index >= 15 is 0 Å². The minimum absolute atomic E-state index is 0.120. The van der Waals surface area contributed by atoms with Crippen molar-refractivity contribution in [2.75, 3.05) is 4.90 Å². The molecule has 23 heavy (non-hydrogen) atoms. The highest BCUT2D eigenvalue weighted by atomic mass is 16.2. The first kappa shape index (κ1) is 15.4. The number of carbonyl (C=O) groups excluding carboxylic acids is 1. The van der Waals surface area contributed by atoms with Gasteiger partial charge in [0.15, 0.2) is 0 Å². The maximum atomic E-state index is 12.9. The van der Waals surface area contributed by atoms with Crippen LogP contribution < -0.4 is 4.90 Å². The smallest absolute Gasteiger partial charge is 0.231 e. The molecule has 4 heteroatoms. The molecule has 2 heterocycles. The van der Waals surface area contributed by atoms with Gasteiger partial charge >= 0.3 is 0 Å². The van der Waals surface area contributed by atoms with Crippen LogP contribution in [-0.2, 0) is 11.3 Å². The SMILES string of the molecule is O=C(CC1=CCCCC1)N(Cc1ccccn1)c1ccncc1. The van der Waals surface area contributed by atoms with Gasteiger partial charge in [0.05, 0.1) is 12.2 Å². The fourth-order valence-corrected chi connectivity index (χ4v) is 2.86. The molecule has 2 aromatic rings. The molecule has 0 aliphatic heterocycles. The zero-order valence-electron chi connectivity index (χ0n) is 13.2. The van der Waals surface area contributed by atoms with Crippen LogP contribution in [0.3, 0.4) is 0 Å². The van der Waals surface area contributed by atoms with E-state index in [9.17, 15) is 4.79 Å². The van der Waals surface area contributed by atoms with Gasteiger partial charge < -0.3 is 4.90 Å². The molecule has 0 fully saturated rings. The van der Waals surface area contributed by atoms with Crippen molar-refractivity contribution in [1.82, 2.24) is 9.97 Å². The Balaban J connectivity index is 1.79. The van der Waals surface area contributed by atoms with E-state index in [2.05, 4.69) is 16.0 Å². The predicted octanol–water partition coefficient (Wildman–Crippen LogP) is 3.90. The van der Waals surface area contributed by atoms with Gasteiger partial charge in [0, 0.05) is 30.7 Å². The molecule has 0 spiro atoms. The first-order chi connectivity index (χ1) is 11.3. The molecule has 118 valence electrons. The third-order valence-corrected chi connectivity index (χ3v) is 4.09. The summed E-state index contributed by atoms with van der Waals surface area (Å²) in [6.07, 6.45) is 12.5. The lowest BCUT2D eigenvalue weighted by molar-refractivity contribution is -0.118. The number of carbonyl (C=O) groups is 1. The van der Waals surface area contributed by atoms with E-state index in [1.165, 1.54) is 18.4 Å². The van der Waals surface area contributed by atoms with Gasteiger partial charge in [-0.3, -0.25) is 14.8 Å². The minimum atomic E-state index is 0.120. The first-order valence-corrected chi connectivity index (χ1v) is 8.11. The summed E-state index contributed by atoms with van der Waals surface area (Å²) in [6.45, 7) is 0.483. The number of aromatic nitrogens is 2. The van der Waals surface area contributed by atoms with Crippen molar-refractivity contribution < 1.29 is 4.79 Å². The average molecular weight is 307 g/mol. The zero-order chi connectivity index (χ0) is 15.9. The second-order valence-corrected chi connectivity index (χ2v) is 5.79. The Morgan fingerprint density at radius 1 is 1.09 bits per heavy atom. The normalized spacial score (nSPS) is 14.2. The molecular formula is C19H21N3O. The van der Waals surface area contributed by atoms with Crippen LogP contribution in [0.4, 0.5) is 5.69 Å². The number of hydrogen-bond donors (Lipinski definition) is 0. The Bertz CT molecular complexity index is 668. The summed E-state index contributed by atoms with van der Waals surface area (Å²) in [5.74, 6) is 0.120. The number of amides is 1. The van der Waals surface area contributed by atoms with Crippen LogP contribution in [0, 0.1) is 0 Å². The lowest BCUT2D eigenvalue weighted by atomic mass is 9.96. The van der Waals surface area contributed by atoms with Crippen LogP contribution in [0.2, 0.25) is 0 Å². The summed E-state index contributed by atoms with van der Waals surface area (Å²) in [4.78, 5) is 23.1. The Labute approximate surface area is 136 Å². The van der Waals surface area contributed by atoms with Gasteiger partial charge in [-0.25, -0.2) is 0 Å². The first-order valence-electron chi connectivity index (χ1n) is 8.11. The summed E-state index contributed by atoms with van der Waals surface area (Å²) in [5, 5.41) is 0. The Morgan fingerprint density at radius 3 is 2.65 bits per heavy atom. The number of hydrogen-bond acceptors (Lipinski definition) is 3. The fraction of sp³-hybridized carbons (Fsp3) is 0.316. The van der Waals surface area contributed by atoms with Crippen molar-refractivity contribution in [2.24, 2.45) is 0 Å². The van der Waals surface area contributed by atoms with Crippen LogP contribution >= 0.6 is 0 Å². The molecule has 0 saturated carbocycles. The lowest BCUT2D eigenvalue weighted by Crippen LogP contribution is -2.31. The largest absolute Gasteiger partial charge is 0.306 e. The molecule has 0 N–H and O–H groups in total. The maximum Gasteiger partial charge on any atom is 0.231 e. The quantitative estimate of drug-likeness (QED) is 0.787. The third kappa shape index (κ3) is 4.25. The van der Waals surface area contributed by atoms with E-state index in [0.29, 0.717) is 13.0 Å². The summed E-state index contributed by atoms with van der Waals surface area (Å²) >= 11 is 0. The second-order valence-electron chi connectivity index (χ2n) is 5.79.